The Labute approximate surface area is 145 Å². The van der Waals surface area contributed by atoms with E-state index in [1.807, 2.05) is 0 Å². The van der Waals surface area contributed by atoms with Crippen molar-refractivity contribution in [1.82, 2.24) is 14.8 Å². The lowest BCUT2D eigenvalue weighted by Crippen LogP contribution is -2.68. The van der Waals surface area contributed by atoms with E-state index in [0.717, 1.165) is 20.8 Å². The Bertz CT molecular complexity index is 890. The maximum atomic E-state index is 12.2. The summed E-state index contributed by atoms with van der Waals surface area (Å²) < 4.78 is 5.53. The van der Waals surface area contributed by atoms with Crippen LogP contribution in [0.1, 0.15) is 27.0 Å². The topological polar surface area (TPSA) is 189 Å². The van der Waals surface area contributed by atoms with Crippen molar-refractivity contribution in [2.24, 2.45) is 0 Å². The number of nitrogens with one attached hydrogen (secondary N) is 1. The van der Waals surface area contributed by atoms with Crippen LogP contribution in [0.4, 0.5) is 0 Å². The van der Waals surface area contributed by atoms with Crippen molar-refractivity contribution in [3.05, 3.63) is 27.0 Å². The largest absolute Gasteiger partial charge is 0.382 e. The molecular weight excluding hydrogens is 354 g/mol. The van der Waals surface area contributed by atoms with Gasteiger partial charge in [0.1, 0.15) is 18.4 Å². The first kappa shape index (κ1) is 19.8. The van der Waals surface area contributed by atoms with Gasteiger partial charge in [-0.25, -0.2) is 4.79 Å². The highest BCUT2D eigenvalue weighted by Crippen LogP contribution is 2.47. The number of aliphatic hydroxyl groups is 3. The lowest BCUT2D eigenvalue weighted by Gasteiger charge is -2.37. The van der Waals surface area contributed by atoms with Gasteiger partial charge in [0.05, 0.1) is 0 Å². The molecule has 0 spiro atoms. The molecule has 2 rings (SSSR count). The van der Waals surface area contributed by atoms with E-state index in [4.69, 9.17) is 4.74 Å². The monoisotopic (exact) mass is 371 g/mol. The van der Waals surface area contributed by atoms with Gasteiger partial charge in [-0.05, 0) is 20.8 Å². The quantitative estimate of drug-likeness (QED) is 0.403. The zero-order valence-electron chi connectivity index (χ0n) is 14.0. The summed E-state index contributed by atoms with van der Waals surface area (Å²) in [6.07, 6.45) is -5.64. The van der Waals surface area contributed by atoms with Gasteiger partial charge in [0.2, 0.25) is 5.60 Å². The van der Waals surface area contributed by atoms with Crippen molar-refractivity contribution in [2.75, 3.05) is 0 Å². The number of aliphatic hydroxyl groups excluding tert-OH is 1. The van der Waals surface area contributed by atoms with Gasteiger partial charge in [-0.1, -0.05) is 0 Å². The number of ether oxygens (including phenoxy) is 1. The third-order valence-corrected chi connectivity index (χ3v) is 4.36. The summed E-state index contributed by atoms with van der Waals surface area (Å²) in [7, 11) is 0. The summed E-state index contributed by atoms with van der Waals surface area (Å²) in [5.41, 5.74) is -8.25. The minimum Gasteiger partial charge on any atom is -0.382 e. The first-order chi connectivity index (χ1) is 11.9. The van der Waals surface area contributed by atoms with Gasteiger partial charge >= 0.3 is 5.69 Å². The highest BCUT2D eigenvalue weighted by atomic mass is 16.6. The van der Waals surface area contributed by atoms with Gasteiger partial charge in [0.25, 0.3) is 5.56 Å². The molecule has 1 aliphatic heterocycles. The van der Waals surface area contributed by atoms with Gasteiger partial charge in [-0.3, -0.25) is 24.2 Å². The number of carbonyl (C=O) groups is 3. The van der Waals surface area contributed by atoms with Gasteiger partial charge < -0.3 is 20.1 Å². The highest BCUT2D eigenvalue weighted by molar-refractivity contribution is 5.99. The molecule has 0 bridgehead atoms. The molecule has 142 valence electrons. The Morgan fingerprint density at radius 2 is 1.73 bits per heavy atom. The molecule has 0 amide bonds. The van der Waals surface area contributed by atoms with Crippen LogP contribution in [0.15, 0.2) is 15.8 Å². The normalized spacial score (nSPS) is 32.2. The smallest absolute Gasteiger partial charge is 0.347 e. The predicted molar refractivity (Wildman–Crippen MR) is 81.0 cm³/mol. The average Bonchev–Trinajstić information content (AvgIpc) is 2.78. The molecule has 26 heavy (non-hydrogen) atoms. The van der Waals surface area contributed by atoms with E-state index in [0.29, 0.717) is 10.9 Å². The first-order valence-electron chi connectivity index (χ1n) is 7.38. The van der Waals surface area contributed by atoms with E-state index in [1.54, 1.807) is 4.98 Å². The highest BCUT2D eigenvalue weighted by Gasteiger charge is 2.74. The van der Waals surface area contributed by atoms with Crippen LogP contribution in [-0.4, -0.2) is 70.8 Å². The fraction of sp³-hybridized carbons (Fsp3) is 0.571. The van der Waals surface area contributed by atoms with Crippen molar-refractivity contribution in [1.29, 1.82) is 0 Å². The number of ketones is 3. The number of hydrogen-bond donors (Lipinski definition) is 4. The summed E-state index contributed by atoms with van der Waals surface area (Å²) in [5.74, 6) is -3.32. The van der Waals surface area contributed by atoms with Crippen LogP contribution in [0, 0.1) is 0 Å². The summed E-state index contributed by atoms with van der Waals surface area (Å²) in [6.45, 7) is 2.55. The lowest BCUT2D eigenvalue weighted by molar-refractivity contribution is -0.184. The van der Waals surface area contributed by atoms with Gasteiger partial charge in [-0.15, -0.1) is 0 Å². The van der Waals surface area contributed by atoms with Gasteiger partial charge in [0, 0.05) is 0 Å². The fourth-order valence-electron chi connectivity index (χ4n) is 2.93. The van der Waals surface area contributed by atoms with Crippen molar-refractivity contribution in [3.63, 3.8) is 0 Å². The summed E-state index contributed by atoms with van der Waals surface area (Å²) in [4.78, 5) is 60.7. The first-order valence-corrected chi connectivity index (χ1v) is 7.38. The molecule has 0 radical (unpaired) electrons. The van der Waals surface area contributed by atoms with Crippen molar-refractivity contribution in [3.8, 4) is 0 Å². The van der Waals surface area contributed by atoms with Crippen LogP contribution in [0.25, 0.3) is 0 Å². The number of aromatic amines is 1. The van der Waals surface area contributed by atoms with Gasteiger partial charge in [-0.2, -0.15) is 9.78 Å². The molecule has 1 unspecified atom stereocenters. The van der Waals surface area contributed by atoms with Crippen LogP contribution < -0.4 is 11.2 Å². The molecular formula is C14H17N3O9. The Morgan fingerprint density at radius 3 is 2.15 bits per heavy atom. The number of nitrogens with zero attached hydrogens (tertiary/aromatic N) is 2. The number of rotatable bonds is 5. The third kappa shape index (κ3) is 2.54. The Kier molecular flexibility index (Phi) is 4.81. The molecule has 0 aromatic carbocycles. The average molecular weight is 371 g/mol. The van der Waals surface area contributed by atoms with E-state index in [2.05, 4.69) is 5.10 Å². The van der Waals surface area contributed by atoms with E-state index in [-0.39, 0.29) is 0 Å². The number of H-pyrrole nitrogens is 1. The summed E-state index contributed by atoms with van der Waals surface area (Å²) in [6, 6.07) is 0. The molecule has 0 aliphatic carbocycles. The predicted octanol–water partition coefficient (Wildman–Crippen LogP) is -3.58. The summed E-state index contributed by atoms with van der Waals surface area (Å²) >= 11 is 0. The lowest BCUT2D eigenvalue weighted by atomic mass is 9.73. The Balaban J connectivity index is 2.79. The molecule has 12 heteroatoms. The van der Waals surface area contributed by atoms with Crippen molar-refractivity contribution in [2.45, 2.75) is 50.4 Å². The minimum absolute atomic E-state index is 0.323. The van der Waals surface area contributed by atoms with Crippen LogP contribution >= 0.6 is 0 Å². The molecule has 2 heterocycles. The summed E-state index contributed by atoms with van der Waals surface area (Å²) in [5, 5.41) is 35.2. The number of aromatic nitrogens is 3. The molecule has 1 aliphatic rings. The zero-order chi connectivity index (χ0) is 20.0. The molecule has 4 N–H and O–H groups in total. The zero-order valence-corrected chi connectivity index (χ0v) is 14.0. The van der Waals surface area contributed by atoms with Crippen LogP contribution in [-0.2, 0) is 19.1 Å². The molecule has 1 aromatic heterocycles. The number of carbonyl (C=O) groups excluding carboxylic acids is 3. The van der Waals surface area contributed by atoms with E-state index in [9.17, 15) is 39.3 Å². The van der Waals surface area contributed by atoms with Crippen LogP contribution in [0.2, 0.25) is 0 Å². The Morgan fingerprint density at radius 1 is 1.19 bits per heavy atom. The van der Waals surface area contributed by atoms with Crippen molar-refractivity contribution < 1.29 is 34.4 Å². The fourth-order valence-corrected chi connectivity index (χ4v) is 2.93. The molecule has 5 atom stereocenters. The molecule has 1 fully saturated rings. The SMILES string of the molecule is CC(=O)C(O)[C@H]1O[C@@H](n2ncc(=O)[nH]c2=O)[C@@](O)(C(C)=O)[C@@]1(O)C(C)=O. The second-order valence-electron chi connectivity index (χ2n) is 5.99. The van der Waals surface area contributed by atoms with Gasteiger partial charge in [0.15, 0.2) is 29.2 Å². The Hall–Kier alpha value is -2.54. The molecule has 0 saturated carbocycles. The van der Waals surface area contributed by atoms with Crippen molar-refractivity contribution >= 4 is 17.3 Å². The van der Waals surface area contributed by atoms with E-state index >= 15 is 0 Å². The number of Topliss-reactive ketones (excluding diaryl/α,β-unsaturated/α-hetero) is 3. The van der Waals surface area contributed by atoms with Crippen LogP contribution in [0.5, 0.6) is 0 Å². The third-order valence-electron chi connectivity index (χ3n) is 4.36. The maximum Gasteiger partial charge on any atom is 0.347 e. The molecule has 12 nitrogen and oxygen atoms in total. The second-order valence-corrected chi connectivity index (χ2v) is 5.99. The standard InChI is InChI=1S/C14H17N3O9/c1-5(18)9(22)10-13(24,6(2)19)14(25,7(3)20)11(26-10)17-12(23)16-8(21)4-15-17/h4,9-11,22,24-25H,1-3H3,(H,16,21,23)/t9?,10-,11-,13-,14+/m1/s1. The number of hydrogen-bond acceptors (Lipinski definition) is 10. The molecule has 1 aromatic rings. The second kappa shape index (κ2) is 6.32. The van der Waals surface area contributed by atoms with E-state index < -0.39 is 58.2 Å². The maximum absolute atomic E-state index is 12.2. The van der Waals surface area contributed by atoms with Crippen LogP contribution in [0.3, 0.4) is 0 Å². The van der Waals surface area contributed by atoms with E-state index in [1.165, 1.54) is 0 Å². The minimum atomic E-state index is -3.07. The molecule has 1 saturated heterocycles.